The van der Waals surface area contributed by atoms with E-state index in [1.165, 1.54) is 30.7 Å². The zero-order valence-electron chi connectivity index (χ0n) is 10.3. The number of aromatic nitrogens is 1. The number of rotatable bonds is 2. The summed E-state index contributed by atoms with van der Waals surface area (Å²) in [5, 5.41) is 2.69. The minimum absolute atomic E-state index is 0.604. The SMILES string of the molecule is Nc1sc(C2CCCC2)nc1-c1ccc(Cl)cc1Br. The molecule has 0 unspecified atom stereocenters. The molecule has 2 aromatic rings. The van der Waals surface area contributed by atoms with Crippen LogP contribution in [-0.2, 0) is 0 Å². The number of thiazole rings is 1. The standard InChI is InChI=1S/C14H14BrClN2S/c15-11-7-9(16)5-6-10(11)12-13(17)19-14(18-12)8-3-1-2-4-8/h5-8H,1-4,17H2. The number of nitrogens with zero attached hydrogens (tertiary/aromatic N) is 1. The summed E-state index contributed by atoms with van der Waals surface area (Å²) in [4.78, 5) is 4.77. The third kappa shape index (κ3) is 2.67. The Morgan fingerprint density at radius 3 is 2.74 bits per heavy atom. The average molecular weight is 358 g/mol. The van der Waals surface area contributed by atoms with Crippen molar-refractivity contribution >= 4 is 43.9 Å². The number of hydrogen-bond donors (Lipinski definition) is 1. The molecular formula is C14H14BrClN2S. The molecule has 0 bridgehead atoms. The monoisotopic (exact) mass is 356 g/mol. The maximum atomic E-state index is 6.15. The highest BCUT2D eigenvalue weighted by molar-refractivity contribution is 9.10. The van der Waals surface area contributed by atoms with Crippen LogP contribution >= 0.6 is 38.9 Å². The number of hydrogen-bond acceptors (Lipinski definition) is 3. The van der Waals surface area contributed by atoms with Gasteiger partial charge in [0, 0.05) is 21.0 Å². The first-order chi connectivity index (χ1) is 9.15. The lowest BCUT2D eigenvalue weighted by Crippen LogP contribution is -1.91. The average Bonchev–Trinajstić information content (AvgIpc) is 2.98. The van der Waals surface area contributed by atoms with Crippen molar-refractivity contribution in [3.8, 4) is 11.3 Å². The summed E-state index contributed by atoms with van der Waals surface area (Å²) < 4.78 is 0.940. The summed E-state index contributed by atoms with van der Waals surface area (Å²) in [6, 6.07) is 5.72. The third-order valence-electron chi connectivity index (χ3n) is 3.56. The highest BCUT2D eigenvalue weighted by Gasteiger charge is 2.23. The maximum Gasteiger partial charge on any atom is 0.114 e. The van der Waals surface area contributed by atoms with Crippen molar-refractivity contribution in [1.29, 1.82) is 0 Å². The molecule has 2 N–H and O–H groups in total. The van der Waals surface area contributed by atoms with Gasteiger partial charge in [-0.05, 0) is 25.0 Å². The lowest BCUT2D eigenvalue weighted by atomic mass is 10.1. The molecule has 1 aliphatic rings. The van der Waals surface area contributed by atoms with Crippen molar-refractivity contribution in [3.63, 3.8) is 0 Å². The Morgan fingerprint density at radius 2 is 2.05 bits per heavy atom. The minimum Gasteiger partial charge on any atom is -0.389 e. The fourth-order valence-electron chi connectivity index (χ4n) is 2.57. The number of benzene rings is 1. The first-order valence-electron chi connectivity index (χ1n) is 6.37. The van der Waals surface area contributed by atoms with Crippen LogP contribution in [0.15, 0.2) is 22.7 Å². The van der Waals surface area contributed by atoms with Crippen molar-refractivity contribution < 1.29 is 0 Å². The molecule has 1 aromatic heterocycles. The van der Waals surface area contributed by atoms with Crippen LogP contribution in [0, 0.1) is 0 Å². The Bertz CT molecular complexity index is 605. The van der Waals surface area contributed by atoms with Gasteiger partial charge in [0.25, 0.3) is 0 Å². The lowest BCUT2D eigenvalue weighted by molar-refractivity contribution is 0.717. The molecule has 1 heterocycles. The van der Waals surface area contributed by atoms with Gasteiger partial charge in [-0.3, -0.25) is 0 Å². The fourth-order valence-corrected chi connectivity index (χ4v) is 4.46. The van der Waals surface area contributed by atoms with Crippen molar-refractivity contribution in [2.45, 2.75) is 31.6 Å². The Kier molecular flexibility index (Phi) is 3.83. The summed E-state index contributed by atoms with van der Waals surface area (Å²) in [6.07, 6.45) is 5.11. The molecule has 0 atom stereocenters. The van der Waals surface area contributed by atoms with Gasteiger partial charge in [-0.15, -0.1) is 11.3 Å². The molecular weight excluding hydrogens is 344 g/mol. The van der Waals surface area contributed by atoms with Crippen LogP contribution in [0.1, 0.15) is 36.6 Å². The molecule has 0 radical (unpaired) electrons. The maximum absolute atomic E-state index is 6.15. The van der Waals surface area contributed by atoms with Crippen molar-refractivity contribution in [1.82, 2.24) is 4.98 Å². The normalized spacial score (nSPS) is 16.1. The van der Waals surface area contributed by atoms with Crippen LogP contribution in [0.2, 0.25) is 5.02 Å². The van der Waals surface area contributed by atoms with E-state index in [-0.39, 0.29) is 0 Å². The van der Waals surface area contributed by atoms with E-state index in [2.05, 4.69) is 15.9 Å². The largest absolute Gasteiger partial charge is 0.389 e. The van der Waals surface area contributed by atoms with Crippen LogP contribution in [0.3, 0.4) is 0 Å². The minimum atomic E-state index is 0.604. The first kappa shape index (κ1) is 13.4. The van der Waals surface area contributed by atoms with Gasteiger partial charge in [-0.25, -0.2) is 4.98 Å². The zero-order chi connectivity index (χ0) is 13.4. The fraction of sp³-hybridized carbons (Fsp3) is 0.357. The van der Waals surface area contributed by atoms with Gasteiger partial charge in [0.1, 0.15) is 10.7 Å². The molecule has 0 amide bonds. The number of halogens is 2. The summed E-state index contributed by atoms with van der Waals surface area (Å²) in [6.45, 7) is 0. The van der Waals surface area contributed by atoms with E-state index in [0.29, 0.717) is 10.9 Å². The van der Waals surface area contributed by atoms with Gasteiger partial charge in [0.05, 0.1) is 5.01 Å². The van der Waals surface area contributed by atoms with E-state index in [1.807, 2.05) is 18.2 Å². The summed E-state index contributed by atoms with van der Waals surface area (Å²) in [5.74, 6) is 0.604. The molecule has 0 aliphatic heterocycles. The van der Waals surface area contributed by atoms with Gasteiger partial charge in [0.15, 0.2) is 0 Å². The van der Waals surface area contributed by atoms with Crippen LogP contribution in [-0.4, -0.2) is 4.98 Å². The molecule has 2 nitrogen and oxygen atoms in total. The summed E-state index contributed by atoms with van der Waals surface area (Å²) >= 11 is 11.1. The summed E-state index contributed by atoms with van der Waals surface area (Å²) in [5.41, 5.74) is 8.05. The van der Waals surface area contributed by atoms with Crippen LogP contribution in [0.5, 0.6) is 0 Å². The second kappa shape index (κ2) is 5.43. The molecule has 5 heteroatoms. The topological polar surface area (TPSA) is 38.9 Å². The molecule has 3 rings (SSSR count). The van der Waals surface area contributed by atoms with Gasteiger partial charge in [-0.2, -0.15) is 0 Å². The zero-order valence-corrected chi connectivity index (χ0v) is 13.5. The molecule has 19 heavy (non-hydrogen) atoms. The van der Waals surface area contributed by atoms with Crippen LogP contribution in [0.25, 0.3) is 11.3 Å². The lowest BCUT2D eigenvalue weighted by Gasteiger charge is -2.04. The number of nitrogen functional groups attached to an aromatic ring is 1. The number of anilines is 1. The molecule has 1 saturated carbocycles. The van der Waals surface area contributed by atoms with Crippen molar-refractivity contribution in [2.24, 2.45) is 0 Å². The van der Waals surface area contributed by atoms with E-state index in [4.69, 9.17) is 22.3 Å². The smallest absolute Gasteiger partial charge is 0.114 e. The number of nitrogens with two attached hydrogens (primary N) is 1. The molecule has 1 aromatic carbocycles. The van der Waals surface area contributed by atoms with Gasteiger partial charge < -0.3 is 5.73 Å². The second-order valence-corrected chi connectivity index (χ2v) is 7.22. The highest BCUT2D eigenvalue weighted by atomic mass is 79.9. The molecule has 0 spiro atoms. The quantitative estimate of drug-likeness (QED) is 0.774. The Labute approximate surface area is 130 Å². The second-order valence-electron chi connectivity index (χ2n) is 4.87. The van der Waals surface area contributed by atoms with Gasteiger partial charge >= 0.3 is 0 Å². The van der Waals surface area contributed by atoms with Crippen molar-refractivity contribution in [3.05, 3.63) is 32.7 Å². The Hall–Kier alpha value is -0.580. The first-order valence-corrected chi connectivity index (χ1v) is 8.35. The van der Waals surface area contributed by atoms with E-state index in [0.717, 1.165) is 20.7 Å². The molecule has 1 aliphatic carbocycles. The van der Waals surface area contributed by atoms with Gasteiger partial charge in [-0.1, -0.05) is 46.4 Å². The molecule has 100 valence electrons. The molecule has 1 fully saturated rings. The predicted molar refractivity (Wildman–Crippen MR) is 85.9 cm³/mol. The van der Waals surface area contributed by atoms with Crippen LogP contribution in [0.4, 0.5) is 5.00 Å². The van der Waals surface area contributed by atoms with E-state index >= 15 is 0 Å². The molecule has 0 saturated heterocycles. The predicted octanol–water partition coefficient (Wildman–Crippen LogP) is 5.47. The Balaban J connectivity index is 2.00. The highest BCUT2D eigenvalue weighted by Crippen LogP contribution is 2.42. The third-order valence-corrected chi connectivity index (χ3v) is 5.50. The van der Waals surface area contributed by atoms with E-state index in [1.54, 1.807) is 11.3 Å². The van der Waals surface area contributed by atoms with Crippen molar-refractivity contribution in [2.75, 3.05) is 5.73 Å². The van der Waals surface area contributed by atoms with E-state index in [9.17, 15) is 0 Å². The summed E-state index contributed by atoms with van der Waals surface area (Å²) in [7, 11) is 0. The van der Waals surface area contributed by atoms with Crippen LogP contribution < -0.4 is 5.73 Å². The van der Waals surface area contributed by atoms with E-state index < -0.39 is 0 Å². The van der Waals surface area contributed by atoms with Gasteiger partial charge in [0.2, 0.25) is 0 Å². The Morgan fingerprint density at radius 1 is 1.32 bits per heavy atom.